The number of benzene rings is 1. The van der Waals surface area contributed by atoms with Gasteiger partial charge < -0.3 is 20.5 Å². The summed E-state index contributed by atoms with van der Waals surface area (Å²) in [6.45, 7) is 0.373. The number of methoxy groups -OCH3 is 1. The molecule has 0 saturated heterocycles. The van der Waals surface area contributed by atoms with Crippen LogP contribution in [0, 0.1) is 5.92 Å². The number of aromatic nitrogens is 1. The Morgan fingerprint density at radius 1 is 1.22 bits per heavy atom. The van der Waals surface area contributed by atoms with Crippen LogP contribution in [0.3, 0.4) is 0 Å². The third kappa shape index (κ3) is 6.27. The van der Waals surface area contributed by atoms with Gasteiger partial charge in [0.25, 0.3) is 0 Å². The number of carbonyl (C=O) groups excluding carboxylic acids is 1. The standard InChI is InChI=1S/C19H23N3O3.2ClH/c1-24-16-5-2-6-17(11-16)25-19-14(4-3-9-21-19)12-22-18(23)13-7-8-15(20)10-13;;/h2-6,9,11,13,15H,7-8,10,12,20H2,1H3,(H,22,23);2*1H. The molecule has 1 saturated carbocycles. The number of ether oxygens (including phenoxy) is 2. The quantitative estimate of drug-likeness (QED) is 0.756. The molecule has 2 atom stereocenters. The Hall–Kier alpha value is -2.02. The highest BCUT2D eigenvalue weighted by molar-refractivity contribution is 5.85. The molecule has 0 bridgehead atoms. The summed E-state index contributed by atoms with van der Waals surface area (Å²) in [4.78, 5) is 16.6. The van der Waals surface area contributed by atoms with E-state index in [1.807, 2.05) is 30.3 Å². The van der Waals surface area contributed by atoms with Gasteiger partial charge >= 0.3 is 0 Å². The molecule has 2 unspecified atom stereocenters. The Morgan fingerprint density at radius 2 is 2.00 bits per heavy atom. The Bertz CT molecular complexity index is 746. The van der Waals surface area contributed by atoms with Gasteiger partial charge in [0.05, 0.1) is 7.11 Å². The molecule has 6 nitrogen and oxygen atoms in total. The number of carbonyl (C=O) groups is 1. The zero-order valence-electron chi connectivity index (χ0n) is 15.1. The van der Waals surface area contributed by atoms with Crippen molar-refractivity contribution in [1.82, 2.24) is 10.3 Å². The van der Waals surface area contributed by atoms with E-state index in [-0.39, 0.29) is 42.7 Å². The largest absolute Gasteiger partial charge is 0.497 e. The number of rotatable bonds is 6. The minimum atomic E-state index is 0. The molecule has 8 heteroatoms. The highest BCUT2D eigenvalue weighted by Gasteiger charge is 2.27. The topological polar surface area (TPSA) is 86.5 Å². The highest BCUT2D eigenvalue weighted by atomic mass is 35.5. The van der Waals surface area contributed by atoms with Crippen LogP contribution in [-0.2, 0) is 11.3 Å². The Kier molecular flexibility index (Phi) is 9.35. The molecule has 1 aromatic heterocycles. The van der Waals surface area contributed by atoms with Crippen molar-refractivity contribution in [3.05, 3.63) is 48.2 Å². The maximum Gasteiger partial charge on any atom is 0.224 e. The lowest BCUT2D eigenvalue weighted by molar-refractivity contribution is -0.125. The molecule has 3 rings (SSSR count). The molecule has 1 aliphatic rings. The van der Waals surface area contributed by atoms with Gasteiger partial charge in [-0.2, -0.15) is 0 Å². The highest BCUT2D eigenvalue weighted by Crippen LogP contribution is 2.27. The first kappa shape index (κ1) is 23.0. The summed E-state index contributed by atoms with van der Waals surface area (Å²) in [5.41, 5.74) is 6.70. The minimum Gasteiger partial charge on any atom is -0.497 e. The van der Waals surface area contributed by atoms with E-state index in [1.54, 1.807) is 19.4 Å². The van der Waals surface area contributed by atoms with Gasteiger partial charge in [0.2, 0.25) is 11.8 Å². The van der Waals surface area contributed by atoms with Gasteiger partial charge in [-0.3, -0.25) is 4.79 Å². The third-order valence-corrected chi connectivity index (χ3v) is 4.40. The van der Waals surface area contributed by atoms with Gasteiger partial charge in [-0.05, 0) is 37.5 Å². The van der Waals surface area contributed by atoms with Crippen molar-refractivity contribution in [3.8, 4) is 17.4 Å². The molecular formula is C19H25Cl2N3O3. The molecule has 1 fully saturated rings. The van der Waals surface area contributed by atoms with Crippen molar-refractivity contribution >= 4 is 30.7 Å². The molecule has 2 aromatic rings. The number of nitrogens with zero attached hydrogens (tertiary/aromatic N) is 1. The first-order valence-corrected chi connectivity index (χ1v) is 8.45. The predicted octanol–water partition coefficient (Wildman–Crippen LogP) is 3.47. The molecule has 1 amide bonds. The van der Waals surface area contributed by atoms with Gasteiger partial charge in [0, 0.05) is 36.3 Å². The van der Waals surface area contributed by atoms with Crippen LogP contribution in [-0.4, -0.2) is 24.0 Å². The molecule has 0 radical (unpaired) electrons. The third-order valence-electron chi connectivity index (χ3n) is 4.40. The fourth-order valence-electron chi connectivity index (χ4n) is 3.01. The molecular weight excluding hydrogens is 389 g/mol. The number of pyridine rings is 1. The smallest absolute Gasteiger partial charge is 0.224 e. The molecule has 148 valence electrons. The molecule has 1 aromatic carbocycles. The van der Waals surface area contributed by atoms with Crippen LogP contribution in [0.1, 0.15) is 24.8 Å². The van der Waals surface area contributed by atoms with Crippen molar-refractivity contribution in [2.75, 3.05) is 7.11 Å². The summed E-state index contributed by atoms with van der Waals surface area (Å²) in [6, 6.07) is 11.2. The fourth-order valence-corrected chi connectivity index (χ4v) is 3.01. The Labute approximate surface area is 171 Å². The maximum atomic E-state index is 12.3. The van der Waals surface area contributed by atoms with E-state index < -0.39 is 0 Å². The van der Waals surface area contributed by atoms with E-state index >= 15 is 0 Å². The summed E-state index contributed by atoms with van der Waals surface area (Å²) in [6.07, 6.45) is 4.19. The predicted molar refractivity (Wildman–Crippen MR) is 109 cm³/mol. The van der Waals surface area contributed by atoms with Gasteiger partial charge in [0.1, 0.15) is 11.5 Å². The van der Waals surface area contributed by atoms with E-state index in [4.69, 9.17) is 15.2 Å². The Morgan fingerprint density at radius 3 is 2.70 bits per heavy atom. The van der Waals surface area contributed by atoms with Crippen molar-refractivity contribution in [3.63, 3.8) is 0 Å². The van der Waals surface area contributed by atoms with E-state index in [9.17, 15) is 4.79 Å². The van der Waals surface area contributed by atoms with Gasteiger partial charge in [-0.1, -0.05) is 12.1 Å². The number of hydrogen-bond acceptors (Lipinski definition) is 5. The van der Waals surface area contributed by atoms with E-state index in [1.165, 1.54) is 0 Å². The summed E-state index contributed by atoms with van der Waals surface area (Å²) < 4.78 is 11.1. The second kappa shape index (κ2) is 11.0. The minimum absolute atomic E-state index is 0. The number of halogens is 2. The number of nitrogens with two attached hydrogens (primary N) is 1. The summed E-state index contributed by atoms with van der Waals surface area (Å²) in [7, 11) is 1.61. The van der Waals surface area contributed by atoms with Crippen LogP contribution in [0.5, 0.6) is 17.4 Å². The van der Waals surface area contributed by atoms with Crippen molar-refractivity contribution in [2.45, 2.75) is 31.8 Å². The summed E-state index contributed by atoms with van der Waals surface area (Å²) in [5, 5.41) is 2.97. The van der Waals surface area contributed by atoms with Crippen LogP contribution < -0.4 is 20.5 Å². The summed E-state index contributed by atoms with van der Waals surface area (Å²) >= 11 is 0. The van der Waals surface area contributed by atoms with Crippen LogP contribution in [0.25, 0.3) is 0 Å². The lowest BCUT2D eigenvalue weighted by Crippen LogP contribution is -2.30. The molecule has 27 heavy (non-hydrogen) atoms. The first-order chi connectivity index (χ1) is 12.2. The first-order valence-electron chi connectivity index (χ1n) is 8.45. The van der Waals surface area contributed by atoms with Crippen molar-refractivity contribution in [1.29, 1.82) is 0 Å². The fraction of sp³-hybridized carbons (Fsp3) is 0.368. The molecule has 0 aliphatic heterocycles. The normalized spacial score (nSPS) is 18.0. The second-order valence-corrected chi connectivity index (χ2v) is 6.24. The lowest BCUT2D eigenvalue weighted by Gasteiger charge is -2.13. The SMILES string of the molecule is COc1cccc(Oc2ncccc2CNC(=O)C2CCC(N)C2)c1.Cl.Cl. The zero-order chi connectivity index (χ0) is 17.6. The molecule has 1 aliphatic carbocycles. The monoisotopic (exact) mass is 413 g/mol. The van der Waals surface area contributed by atoms with Crippen LogP contribution in [0.15, 0.2) is 42.6 Å². The average molecular weight is 414 g/mol. The van der Waals surface area contributed by atoms with Crippen molar-refractivity contribution in [2.24, 2.45) is 11.7 Å². The maximum absolute atomic E-state index is 12.3. The van der Waals surface area contributed by atoms with Gasteiger partial charge in [-0.25, -0.2) is 4.98 Å². The van der Waals surface area contributed by atoms with Crippen LogP contribution in [0.2, 0.25) is 0 Å². The lowest BCUT2D eigenvalue weighted by atomic mass is 10.1. The van der Waals surface area contributed by atoms with E-state index in [2.05, 4.69) is 10.3 Å². The van der Waals surface area contributed by atoms with Crippen molar-refractivity contribution < 1.29 is 14.3 Å². The van der Waals surface area contributed by atoms with Gasteiger partial charge in [0.15, 0.2) is 0 Å². The number of hydrogen-bond donors (Lipinski definition) is 2. The summed E-state index contributed by atoms with van der Waals surface area (Å²) in [5.74, 6) is 1.87. The Balaban J connectivity index is 0.00000182. The molecule has 1 heterocycles. The zero-order valence-corrected chi connectivity index (χ0v) is 16.7. The van der Waals surface area contributed by atoms with Crippen LogP contribution >= 0.6 is 24.8 Å². The molecule has 0 spiro atoms. The van der Waals surface area contributed by atoms with E-state index in [0.717, 1.165) is 24.8 Å². The second-order valence-electron chi connectivity index (χ2n) is 6.24. The molecule has 3 N–H and O–H groups in total. The van der Waals surface area contributed by atoms with Gasteiger partial charge in [-0.15, -0.1) is 24.8 Å². The van der Waals surface area contributed by atoms with E-state index in [0.29, 0.717) is 23.9 Å². The number of nitrogens with one attached hydrogen (secondary N) is 1. The number of amides is 1. The van der Waals surface area contributed by atoms with Crippen LogP contribution in [0.4, 0.5) is 0 Å². The average Bonchev–Trinajstić information content (AvgIpc) is 3.07.